The maximum Gasteiger partial charge on any atom is 3.00 e. The molecule has 5 heteroatoms. The van der Waals surface area contributed by atoms with E-state index < -0.39 is 7.92 Å². The van der Waals surface area contributed by atoms with E-state index in [1.54, 1.807) is 0 Å². The smallest absolute Gasteiger partial charge is 0.256 e. The predicted molar refractivity (Wildman–Crippen MR) is 157 cm³/mol. The fourth-order valence-electron chi connectivity index (χ4n) is 6.49. The Kier molecular flexibility index (Phi) is 5.86. The summed E-state index contributed by atoms with van der Waals surface area (Å²) in [6.07, 6.45) is 0. The van der Waals surface area contributed by atoms with E-state index in [-0.39, 0.29) is 37.9 Å². The van der Waals surface area contributed by atoms with Crippen molar-refractivity contribution >= 4 is 23.8 Å². The maximum atomic E-state index is 5.35. The van der Waals surface area contributed by atoms with E-state index in [2.05, 4.69) is 127 Å². The van der Waals surface area contributed by atoms with Crippen molar-refractivity contribution in [3.05, 3.63) is 178 Å². The van der Waals surface area contributed by atoms with Gasteiger partial charge in [0.15, 0.2) is 0 Å². The van der Waals surface area contributed by atoms with Crippen LogP contribution in [0.25, 0.3) is 0 Å². The molecule has 7 heterocycles. The van der Waals surface area contributed by atoms with Crippen LogP contribution in [0, 0.1) is 18.2 Å². The van der Waals surface area contributed by atoms with E-state index in [1.165, 1.54) is 0 Å². The van der Waals surface area contributed by atoms with Crippen LogP contribution in [0.3, 0.4) is 0 Å². The standard InChI is InChI=1S/C36H21N3P.Ir/c1-7-22-19-25(10-1)40-26-11-2-8-23(20-26)35-30-15-4-13-28(37-30)34(22)29-14-5-16-31(38-29)36(24-9-3-12-27(40)21-24)33-18-6-17-32(35)39-33;/h1-18,34-36H;/q-3;+3. The summed E-state index contributed by atoms with van der Waals surface area (Å²) in [7, 11) is -0.955. The molecule has 41 heavy (non-hydrogen) atoms. The van der Waals surface area contributed by atoms with Gasteiger partial charge in [0, 0.05) is 17.8 Å². The van der Waals surface area contributed by atoms with Crippen molar-refractivity contribution in [3.63, 3.8) is 0 Å². The van der Waals surface area contributed by atoms with Gasteiger partial charge in [0.2, 0.25) is 0 Å². The van der Waals surface area contributed by atoms with Gasteiger partial charge in [-0.3, -0.25) is 15.0 Å². The molecule has 3 aromatic carbocycles. The van der Waals surface area contributed by atoms with Gasteiger partial charge in [0.05, 0.1) is 34.2 Å². The Labute approximate surface area is 253 Å². The summed E-state index contributed by atoms with van der Waals surface area (Å²) in [6.45, 7) is 0. The van der Waals surface area contributed by atoms with Crippen LogP contribution in [0.2, 0.25) is 0 Å². The van der Waals surface area contributed by atoms with Crippen LogP contribution in [0.15, 0.2) is 109 Å². The molecule has 10 rings (SSSR count). The molecule has 0 unspecified atom stereocenters. The van der Waals surface area contributed by atoms with E-state index in [0.29, 0.717) is 0 Å². The van der Waals surface area contributed by atoms with Crippen molar-refractivity contribution in [3.8, 4) is 0 Å². The summed E-state index contributed by atoms with van der Waals surface area (Å²) < 4.78 is 0. The molecule has 194 valence electrons. The fraction of sp³-hybridized carbons (Fsp3) is 0.0833. The molecule has 0 atom stereocenters. The molecule has 0 saturated carbocycles. The van der Waals surface area contributed by atoms with Gasteiger partial charge in [-0.15, -0.1) is 32.6 Å². The Morgan fingerprint density at radius 2 is 0.659 bits per heavy atom. The van der Waals surface area contributed by atoms with Crippen molar-refractivity contribution in [2.75, 3.05) is 0 Å². The van der Waals surface area contributed by atoms with Crippen LogP contribution in [-0.2, 0) is 20.1 Å². The third-order valence-electron chi connectivity index (χ3n) is 8.21. The van der Waals surface area contributed by atoms with E-state index >= 15 is 0 Å². The van der Waals surface area contributed by atoms with Crippen molar-refractivity contribution in [2.45, 2.75) is 17.8 Å². The number of nitrogens with zero attached hydrogens (tertiary/aromatic N) is 3. The molecule has 4 aliphatic heterocycles. The van der Waals surface area contributed by atoms with Crippen LogP contribution in [0.5, 0.6) is 0 Å². The summed E-state index contributed by atoms with van der Waals surface area (Å²) in [5, 5.41) is 3.48. The average Bonchev–Trinajstić information content (AvgIpc) is 2.98. The normalized spacial score (nSPS) is 20.5. The number of benzene rings is 3. The number of rotatable bonds is 0. The van der Waals surface area contributed by atoms with E-state index in [9.17, 15) is 0 Å². The topological polar surface area (TPSA) is 38.7 Å². The van der Waals surface area contributed by atoms with Crippen LogP contribution >= 0.6 is 7.92 Å². The summed E-state index contributed by atoms with van der Waals surface area (Å²) >= 11 is 0. The predicted octanol–water partition coefficient (Wildman–Crippen LogP) is 5.51. The molecule has 16 bridgehead atoms. The van der Waals surface area contributed by atoms with E-state index in [0.717, 1.165) is 66.8 Å². The minimum atomic E-state index is -0.955. The van der Waals surface area contributed by atoms with Crippen molar-refractivity contribution in [1.82, 2.24) is 15.0 Å². The Morgan fingerprint density at radius 1 is 0.390 bits per heavy atom. The zero-order valence-electron chi connectivity index (χ0n) is 21.7. The summed E-state index contributed by atoms with van der Waals surface area (Å²) in [5.41, 5.74) is 9.05. The van der Waals surface area contributed by atoms with Gasteiger partial charge < -0.3 is 0 Å². The second kappa shape index (κ2) is 9.64. The number of pyridine rings is 3. The minimum Gasteiger partial charge on any atom is -0.256 e. The quantitative estimate of drug-likeness (QED) is 0.154. The monoisotopic (exact) mass is 719 g/mol. The number of hydrogen-bond acceptors (Lipinski definition) is 3. The molecular weight excluding hydrogens is 698 g/mol. The van der Waals surface area contributed by atoms with Gasteiger partial charge in [-0.2, -0.15) is 72.8 Å². The first-order valence-electron chi connectivity index (χ1n) is 13.6. The molecule has 0 radical (unpaired) electrons. The van der Waals surface area contributed by atoms with E-state index in [4.69, 9.17) is 15.0 Å². The third-order valence-corrected chi connectivity index (χ3v) is 10.4. The Bertz CT molecular complexity index is 1490. The fourth-order valence-corrected chi connectivity index (χ4v) is 8.70. The van der Waals surface area contributed by atoms with Gasteiger partial charge in [-0.1, -0.05) is 26.1 Å². The zero-order chi connectivity index (χ0) is 26.2. The molecule has 6 aromatic rings. The average molecular weight is 719 g/mol. The van der Waals surface area contributed by atoms with Crippen molar-refractivity contribution < 1.29 is 20.1 Å². The molecule has 0 N–H and O–H groups in total. The van der Waals surface area contributed by atoms with Gasteiger partial charge in [0.25, 0.3) is 0 Å². The van der Waals surface area contributed by atoms with Crippen LogP contribution in [0.4, 0.5) is 0 Å². The Balaban J connectivity index is 0.00000256. The summed E-state index contributed by atoms with van der Waals surface area (Å²) in [5.74, 6) is -0.438. The summed E-state index contributed by atoms with van der Waals surface area (Å²) in [6, 6.07) is 50.4. The first-order chi connectivity index (χ1) is 19.8. The Hall–Kier alpha value is -3.81. The first-order valence-corrected chi connectivity index (χ1v) is 14.9. The first kappa shape index (κ1) is 24.9. The molecule has 0 amide bonds. The number of hydrogen-bond donors (Lipinski definition) is 0. The van der Waals surface area contributed by atoms with Gasteiger partial charge in [-0.05, 0) is 36.4 Å². The van der Waals surface area contributed by atoms with Crippen LogP contribution in [-0.4, -0.2) is 15.0 Å². The largest absolute Gasteiger partial charge is 3.00 e. The van der Waals surface area contributed by atoms with E-state index in [1.807, 2.05) is 0 Å². The van der Waals surface area contributed by atoms with Crippen molar-refractivity contribution in [1.29, 1.82) is 0 Å². The molecule has 0 fully saturated rings. The number of aromatic nitrogens is 3. The van der Waals surface area contributed by atoms with Crippen LogP contribution < -0.4 is 15.9 Å². The molecule has 3 aromatic heterocycles. The molecule has 0 aliphatic carbocycles. The SMILES string of the molecule is [Ir+3].[c-]1c2cccc1P1c3[c-]c(ccc3)C3c4cccc(n4)C2c2cccc(n2)C(c2[c-]c1ccc2)c1cccc3n1. The van der Waals surface area contributed by atoms with Gasteiger partial charge in [0.1, 0.15) is 0 Å². The van der Waals surface area contributed by atoms with Gasteiger partial charge >= 0.3 is 20.1 Å². The second-order valence-electron chi connectivity index (χ2n) is 10.6. The van der Waals surface area contributed by atoms with Gasteiger partial charge in [-0.25, -0.2) is 0 Å². The van der Waals surface area contributed by atoms with Crippen molar-refractivity contribution in [2.24, 2.45) is 0 Å². The zero-order valence-corrected chi connectivity index (χ0v) is 25.0. The molecule has 4 aliphatic rings. The molecule has 0 saturated heterocycles. The second-order valence-corrected chi connectivity index (χ2v) is 12.7. The summed E-state index contributed by atoms with van der Waals surface area (Å²) in [4.78, 5) is 16.1. The Morgan fingerprint density at radius 3 is 0.951 bits per heavy atom. The molecule has 0 spiro atoms. The minimum absolute atomic E-state index is 0. The molecule has 3 nitrogen and oxygen atoms in total. The molecular formula is C36H21IrN3P. The maximum absolute atomic E-state index is 5.35. The third kappa shape index (κ3) is 3.90. The van der Waals surface area contributed by atoms with Crippen LogP contribution in [0.1, 0.15) is 68.6 Å².